The molecular formula is C12H14N2O3. The van der Waals surface area contributed by atoms with Gasteiger partial charge in [0.25, 0.3) is 5.69 Å². The van der Waals surface area contributed by atoms with E-state index in [0.29, 0.717) is 5.52 Å². The highest BCUT2D eigenvalue weighted by Crippen LogP contribution is 2.30. The second kappa shape index (κ2) is 3.48. The van der Waals surface area contributed by atoms with Crippen LogP contribution in [0, 0.1) is 10.1 Å². The molecule has 5 nitrogen and oxygen atoms in total. The fourth-order valence-electron chi connectivity index (χ4n) is 1.82. The molecule has 0 atom stereocenters. The van der Waals surface area contributed by atoms with Gasteiger partial charge in [-0.05, 0) is 12.1 Å². The molecule has 0 saturated carbocycles. The highest BCUT2D eigenvalue weighted by atomic mass is 16.6. The molecule has 0 aliphatic heterocycles. The van der Waals surface area contributed by atoms with E-state index in [-0.39, 0.29) is 11.1 Å². The highest BCUT2D eigenvalue weighted by Gasteiger charge is 2.21. The molecule has 1 aromatic heterocycles. The molecular weight excluding hydrogens is 220 g/mol. The molecule has 1 heterocycles. The Labute approximate surface area is 98.4 Å². The quantitative estimate of drug-likeness (QED) is 0.468. The summed E-state index contributed by atoms with van der Waals surface area (Å²) in [6.45, 7) is 5.92. The van der Waals surface area contributed by atoms with Gasteiger partial charge in [-0.2, -0.15) is 4.73 Å². The zero-order valence-corrected chi connectivity index (χ0v) is 9.97. The topological polar surface area (TPSA) is 68.3 Å². The Morgan fingerprint density at radius 1 is 1.29 bits per heavy atom. The molecule has 0 saturated heterocycles. The lowest BCUT2D eigenvalue weighted by Crippen LogP contribution is -2.16. The van der Waals surface area contributed by atoms with Crippen LogP contribution in [-0.4, -0.2) is 14.9 Å². The maximum atomic E-state index is 10.7. The average Bonchev–Trinajstić information content (AvgIpc) is 2.55. The van der Waals surface area contributed by atoms with Gasteiger partial charge in [0, 0.05) is 22.9 Å². The van der Waals surface area contributed by atoms with Gasteiger partial charge in [0.2, 0.25) is 0 Å². The van der Waals surface area contributed by atoms with Crippen molar-refractivity contribution in [1.82, 2.24) is 4.73 Å². The summed E-state index contributed by atoms with van der Waals surface area (Å²) in [4.78, 5) is 10.2. The van der Waals surface area contributed by atoms with Gasteiger partial charge < -0.3 is 5.21 Å². The zero-order chi connectivity index (χ0) is 12.8. The van der Waals surface area contributed by atoms with E-state index >= 15 is 0 Å². The number of aromatic nitrogens is 1. The Morgan fingerprint density at radius 2 is 1.94 bits per heavy atom. The third kappa shape index (κ3) is 1.84. The van der Waals surface area contributed by atoms with E-state index < -0.39 is 4.92 Å². The standard InChI is InChI=1S/C12H14N2O3/c1-12(2,3)11-6-8-4-5-9(14(16)17)7-10(8)13(11)15/h4-7,15H,1-3H3. The number of nitrogens with zero attached hydrogens (tertiary/aromatic N) is 2. The smallest absolute Gasteiger partial charge is 0.271 e. The van der Waals surface area contributed by atoms with Gasteiger partial charge >= 0.3 is 0 Å². The van der Waals surface area contributed by atoms with Crippen molar-refractivity contribution in [3.8, 4) is 0 Å². The second-order valence-electron chi connectivity index (χ2n) is 5.09. The first-order valence-corrected chi connectivity index (χ1v) is 5.30. The summed E-state index contributed by atoms with van der Waals surface area (Å²) >= 11 is 0. The molecule has 0 fully saturated rings. The van der Waals surface area contributed by atoms with Gasteiger partial charge in [0.05, 0.1) is 16.1 Å². The third-order valence-electron chi connectivity index (χ3n) is 2.74. The number of hydrogen-bond donors (Lipinski definition) is 1. The monoisotopic (exact) mass is 234 g/mol. The fraction of sp³-hybridized carbons (Fsp3) is 0.333. The lowest BCUT2D eigenvalue weighted by molar-refractivity contribution is -0.384. The van der Waals surface area contributed by atoms with Gasteiger partial charge in [0.15, 0.2) is 0 Å². The van der Waals surface area contributed by atoms with Crippen molar-refractivity contribution in [2.24, 2.45) is 0 Å². The van der Waals surface area contributed by atoms with E-state index in [0.717, 1.165) is 15.8 Å². The summed E-state index contributed by atoms with van der Waals surface area (Å²) in [5.41, 5.74) is 0.950. The van der Waals surface area contributed by atoms with Crippen molar-refractivity contribution in [2.75, 3.05) is 0 Å². The van der Waals surface area contributed by atoms with Crippen molar-refractivity contribution in [3.05, 3.63) is 40.1 Å². The molecule has 2 aromatic rings. The number of non-ortho nitro benzene ring substituents is 1. The van der Waals surface area contributed by atoms with Gasteiger partial charge in [-0.15, -0.1) is 0 Å². The van der Waals surface area contributed by atoms with Crippen LogP contribution in [0.4, 0.5) is 5.69 Å². The Kier molecular flexibility index (Phi) is 2.34. The lowest BCUT2D eigenvalue weighted by atomic mass is 9.92. The van der Waals surface area contributed by atoms with Crippen molar-refractivity contribution in [2.45, 2.75) is 26.2 Å². The summed E-state index contributed by atoms with van der Waals surface area (Å²) in [6, 6.07) is 6.31. The van der Waals surface area contributed by atoms with Crippen molar-refractivity contribution in [1.29, 1.82) is 0 Å². The van der Waals surface area contributed by atoms with Crippen LogP contribution in [0.2, 0.25) is 0 Å². The predicted octanol–water partition coefficient (Wildman–Crippen LogP) is 3.08. The molecule has 5 heteroatoms. The highest BCUT2D eigenvalue weighted by molar-refractivity contribution is 5.83. The van der Waals surface area contributed by atoms with Crippen LogP contribution in [0.5, 0.6) is 0 Å². The maximum Gasteiger partial charge on any atom is 0.271 e. The third-order valence-corrected chi connectivity index (χ3v) is 2.74. The van der Waals surface area contributed by atoms with Gasteiger partial charge in [-0.25, -0.2) is 0 Å². The van der Waals surface area contributed by atoms with Crippen molar-refractivity contribution < 1.29 is 10.1 Å². The van der Waals surface area contributed by atoms with Crippen LogP contribution >= 0.6 is 0 Å². The van der Waals surface area contributed by atoms with Crippen LogP contribution in [-0.2, 0) is 5.41 Å². The van der Waals surface area contributed by atoms with Gasteiger partial charge in [-0.1, -0.05) is 20.8 Å². The largest absolute Gasteiger partial charge is 0.428 e. The van der Waals surface area contributed by atoms with Crippen molar-refractivity contribution >= 4 is 16.6 Å². The normalized spacial score (nSPS) is 11.9. The number of rotatable bonds is 1. The number of nitro benzene ring substituents is 1. The van der Waals surface area contributed by atoms with Crippen LogP contribution in [0.15, 0.2) is 24.3 Å². The first-order chi connectivity index (χ1) is 7.80. The predicted molar refractivity (Wildman–Crippen MR) is 64.5 cm³/mol. The first kappa shape index (κ1) is 11.4. The summed E-state index contributed by atoms with van der Waals surface area (Å²) in [5.74, 6) is 0. The van der Waals surface area contributed by atoms with E-state index in [1.54, 1.807) is 6.07 Å². The maximum absolute atomic E-state index is 10.7. The minimum absolute atomic E-state index is 0.0219. The van der Waals surface area contributed by atoms with E-state index in [2.05, 4.69) is 0 Å². The summed E-state index contributed by atoms with van der Waals surface area (Å²) in [5, 5.41) is 21.5. The van der Waals surface area contributed by atoms with E-state index in [9.17, 15) is 15.3 Å². The fourth-order valence-corrected chi connectivity index (χ4v) is 1.82. The zero-order valence-electron chi connectivity index (χ0n) is 9.97. The minimum Gasteiger partial charge on any atom is -0.428 e. The van der Waals surface area contributed by atoms with Gasteiger partial charge in [0.1, 0.15) is 0 Å². The molecule has 0 aliphatic rings. The lowest BCUT2D eigenvalue weighted by Gasteiger charge is -2.18. The molecule has 1 aromatic carbocycles. The Hall–Kier alpha value is -2.04. The van der Waals surface area contributed by atoms with Crippen LogP contribution < -0.4 is 0 Å². The molecule has 2 rings (SSSR count). The molecule has 0 amide bonds. The summed E-state index contributed by atoms with van der Waals surface area (Å²) in [7, 11) is 0. The molecule has 90 valence electrons. The summed E-state index contributed by atoms with van der Waals surface area (Å²) < 4.78 is 1.03. The van der Waals surface area contributed by atoms with E-state index in [4.69, 9.17) is 0 Å². The van der Waals surface area contributed by atoms with Crippen LogP contribution in [0.3, 0.4) is 0 Å². The van der Waals surface area contributed by atoms with E-state index in [1.165, 1.54) is 12.1 Å². The number of benzene rings is 1. The summed E-state index contributed by atoms with van der Waals surface area (Å²) in [6.07, 6.45) is 0. The van der Waals surface area contributed by atoms with E-state index in [1.807, 2.05) is 26.8 Å². The molecule has 1 N–H and O–H groups in total. The molecule has 0 aliphatic carbocycles. The average molecular weight is 234 g/mol. The van der Waals surface area contributed by atoms with Crippen LogP contribution in [0.25, 0.3) is 10.9 Å². The minimum atomic E-state index is -0.469. The molecule has 0 bridgehead atoms. The molecule has 0 unspecified atom stereocenters. The van der Waals surface area contributed by atoms with Gasteiger partial charge in [-0.3, -0.25) is 10.1 Å². The molecule has 0 spiro atoms. The Morgan fingerprint density at radius 3 is 2.47 bits per heavy atom. The molecule has 0 radical (unpaired) electrons. The Balaban J connectivity index is 2.71. The molecule has 17 heavy (non-hydrogen) atoms. The Bertz CT molecular complexity index is 594. The second-order valence-corrected chi connectivity index (χ2v) is 5.09. The first-order valence-electron chi connectivity index (χ1n) is 5.30. The number of fused-ring (bicyclic) bond motifs is 1. The number of nitro groups is 1. The number of hydrogen-bond acceptors (Lipinski definition) is 3. The van der Waals surface area contributed by atoms with Crippen molar-refractivity contribution in [3.63, 3.8) is 0 Å². The SMILES string of the molecule is CC(C)(C)c1cc2ccc([N+](=O)[O-])cc2n1O. The van der Waals surface area contributed by atoms with Crippen LogP contribution in [0.1, 0.15) is 26.5 Å².